The summed E-state index contributed by atoms with van der Waals surface area (Å²) >= 11 is 0. The zero-order chi connectivity index (χ0) is 13.1. The first-order valence-corrected chi connectivity index (χ1v) is 5.91. The Morgan fingerprint density at radius 2 is 1.94 bits per heavy atom. The Morgan fingerprint density at radius 3 is 2.44 bits per heavy atom. The quantitative estimate of drug-likeness (QED) is 0.832. The largest absolute Gasteiger partial charge is 0.480 e. The first kappa shape index (κ1) is 12.4. The van der Waals surface area contributed by atoms with Crippen LogP contribution in [0.2, 0.25) is 0 Å². The average molecular weight is 248 g/mol. The van der Waals surface area contributed by atoms with E-state index in [0.717, 1.165) is 24.7 Å². The maximum atomic E-state index is 11.6. The molecule has 1 saturated heterocycles. The van der Waals surface area contributed by atoms with E-state index in [1.165, 1.54) is 0 Å². The maximum Gasteiger partial charge on any atom is 0.322 e. The summed E-state index contributed by atoms with van der Waals surface area (Å²) in [5, 5.41) is 10.8. The Kier molecular flexibility index (Phi) is 3.50. The number of amides is 1. The average Bonchev–Trinajstić information content (AvgIpc) is 2.32. The molecule has 0 aliphatic carbocycles. The number of hydrogen-bond donors (Lipinski definition) is 2. The smallest absolute Gasteiger partial charge is 0.322 e. The second-order valence-electron chi connectivity index (χ2n) is 4.63. The monoisotopic (exact) mass is 248 g/mol. The number of nitrogens with one attached hydrogen (secondary N) is 1. The molecule has 0 unspecified atom stereocenters. The summed E-state index contributed by atoms with van der Waals surface area (Å²) in [6.45, 7) is 3.93. The number of hydrogen-bond acceptors (Lipinski definition) is 3. The molecule has 1 aromatic rings. The summed E-state index contributed by atoms with van der Waals surface area (Å²) in [7, 11) is 0. The van der Waals surface area contributed by atoms with Gasteiger partial charge in [0.05, 0.1) is 0 Å². The Labute approximate surface area is 105 Å². The molecule has 0 aromatic heterocycles. The topological polar surface area (TPSA) is 69.6 Å². The molecule has 1 amide bonds. The molecule has 96 valence electrons. The van der Waals surface area contributed by atoms with Crippen LogP contribution in [0.25, 0.3) is 0 Å². The van der Waals surface area contributed by atoms with E-state index < -0.39 is 5.97 Å². The molecule has 1 aromatic carbocycles. The zero-order valence-electron chi connectivity index (χ0n) is 10.2. The fourth-order valence-corrected chi connectivity index (χ4v) is 1.99. The third kappa shape index (κ3) is 2.80. The van der Waals surface area contributed by atoms with Gasteiger partial charge in [-0.3, -0.25) is 9.59 Å². The van der Waals surface area contributed by atoms with Crippen LogP contribution in [-0.4, -0.2) is 36.6 Å². The van der Waals surface area contributed by atoms with Gasteiger partial charge < -0.3 is 15.3 Å². The number of anilines is 1. The van der Waals surface area contributed by atoms with Gasteiger partial charge in [-0.25, -0.2) is 0 Å². The molecule has 0 spiro atoms. The molecule has 1 aliphatic heterocycles. The predicted molar refractivity (Wildman–Crippen MR) is 67.8 cm³/mol. The van der Waals surface area contributed by atoms with Gasteiger partial charge in [0.2, 0.25) is 0 Å². The Hall–Kier alpha value is -2.04. The van der Waals surface area contributed by atoms with Crippen molar-refractivity contribution in [3.05, 3.63) is 29.8 Å². The number of benzene rings is 1. The second kappa shape index (κ2) is 5.08. The van der Waals surface area contributed by atoms with Crippen molar-refractivity contribution in [1.82, 2.24) is 5.32 Å². The molecule has 5 heteroatoms. The van der Waals surface area contributed by atoms with E-state index >= 15 is 0 Å². The van der Waals surface area contributed by atoms with Gasteiger partial charge in [0.15, 0.2) is 0 Å². The Morgan fingerprint density at radius 1 is 1.33 bits per heavy atom. The third-order valence-corrected chi connectivity index (χ3v) is 2.96. The normalized spacial score (nSPS) is 15.1. The van der Waals surface area contributed by atoms with Gasteiger partial charge in [0.25, 0.3) is 5.91 Å². The van der Waals surface area contributed by atoms with Gasteiger partial charge in [-0.05, 0) is 30.2 Å². The highest BCUT2D eigenvalue weighted by atomic mass is 16.4. The third-order valence-electron chi connectivity index (χ3n) is 2.96. The van der Waals surface area contributed by atoms with Crippen LogP contribution in [0.1, 0.15) is 17.3 Å². The number of carbonyl (C=O) groups is 2. The van der Waals surface area contributed by atoms with Crippen LogP contribution in [-0.2, 0) is 4.79 Å². The second-order valence-corrected chi connectivity index (χ2v) is 4.63. The minimum absolute atomic E-state index is 0.357. The molecule has 18 heavy (non-hydrogen) atoms. The van der Waals surface area contributed by atoms with Crippen molar-refractivity contribution < 1.29 is 14.7 Å². The summed E-state index contributed by atoms with van der Waals surface area (Å²) in [5.74, 6) is -0.681. The van der Waals surface area contributed by atoms with Crippen LogP contribution in [0.5, 0.6) is 0 Å². The SMILES string of the molecule is CC1CN(c2ccc(C(=O)NCC(=O)O)cc2)C1. The van der Waals surface area contributed by atoms with Gasteiger partial charge in [-0.15, -0.1) is 0 Å². The maximum absolute atomic E-state index is 11.6. The number of rotatable bonds is 4. The number of nitrogens with zero attached hydrogens (tertiary/aromatic N) is 1. The summed E-state index contributed by atoms with van der Waals surface area (Å²) < 4.78 is 0. The van der Waals surface area contributed by atoms with Crippen LogP contribution in [0, 0.1) is 5.92 Å². The molecule has 1 fully saturated rings. The first-order valence-electron chi connectivity index (χ1n) is 5.91. The van der Waals surface area contributed by atoms with E-state index in [-0.39, 0.29) is 12.5 Å². The van der Waals surface area contributed by atoms with E-state index in [2.05, 4.69) is 17.1 Å². The summed E-state index contributed by atoms with van der Waals surface area (Å²) in [4.78, 5) is 24.2. The van der Waals surface area contributed by atoms with E-state index in [9.17, 15) is 9.59 Å². The number of carboxylic acid groups (broad SMARTS) is 1. The lowest BCUT2D eigenvalue weighted by atomic mass is 10.0. The molecule has 0 bridgehead atoms. The molecule has 1 heterocycles. The molecule has 0 radical (unpaired) electrons. The molecule has 0 atom stereocenters. The van der Waals surface area contributed by atoms with Crippen LogP contribution < -0.4 is 10.2 Å². The van der Waals surface area contributed by atoms with E-state index in [1.54, 1.807) is 12.1 Å². The highest BCUT2D eigenvalue weighted by Crippen LogP contribution is 2.24. The molecular weight excluding hydrogens is 232 g/mol. The van der Waals surface area contributed by atoms with Gasteiger partial charge in [0, 0.05) is 24.3 Å². The molecule has 2 N–H and O–H groups in total. The lowest BCUT2D eigenvalue weighted by molar-refractivity contribution is -0.135. The molecular formula is C13H16N2O3. The molecule has 2 rings (SSSR count). The lowest BCUT2D eigenvalue weighted by Crippen LogP contribution is -2.45. The first-order chi connectivity index (χ1) is 8.56. The van der Waals surface area contributed by atoms with Crippen LogP contribution in [0.4, 0.5) is 5.69 Å². The summed E-state index contributed by atoms with van der Waals surface area (Å²) in [6, 6.07) is 7.22. The van der Waals surface area contributed by atoms with E-state index in [4.69, 9.17) is 5.11 Å². The van der Waals surface area contributed by atoms with Crippen LogP contribution in [0.15, 0.2) is 24.3 Å². The van der Waals surface area contributed by atoms with Crippen molar-refractivity contribution in [2.24, 2.45) is 5.92 Å². The lowest BCUT2D eigenvalue weighted by Gasteiger charge is -2.39. The van der Waals surface area contributed by atoms with E-state index in [0.29, 0.717) is 5.56 Å². The molecule has 5 nitrogen and oxygen atoms in total. The van der Waals surface area contributed by atoms with Crippen molar-refractivity contribution in [2.75, 3.05) is 24.5 Å². The van der Waals surface area contributed by atoms with Gasteiger partial charge in [-0.2, -0.15) is 0 Å². The standard InChI is InChI=1S/C13H16N2O3/c1-9-7-15(8-9)11-4-2-10(3-5-11)13(18)14-6-12(16)17/h2-5,9H,6-8H2,1H3,(H,14,18)(H,16,17). The fourth-order valence-electron chi connectivity index (χ4n) is 1.99. The van der Waals surface area contributed by atoms with Gasteiger partial charge in [0.1, 0.15) is 6.54 Å². The minimum atomic E-state index is -1.05. The van der Waals surface area contributed by atoms with Gasteiger partial charge >= 0.3 is 5.97 Å². The van der Waals surface area contributed by atoms with Gasteiger partial charge in [-0.1, -0.05) is 6.92 Å². The zero-order valence-corrected chi connectivity index (χ0v) is 10.2. The fraction of sp³-hybridized carbons (Fsp3) is 0.385. The van der Waals surface area contributed by atoms with Crippen molar-refractivity contribution in [1.29, 1.82) is 0 Å². The highest BCUT2D eigenvalue weighted by Gasteiger charge is 2.22. The minimum Gasteiger partial charge on any atom is -0.480 e. The van der Waals surface area contributed by atoms with Crippen molar-refractivity contribution in [2.45, 2.75) is 6.92 Å². The number of aliphatic carboxylic acids is 1. The number of carbonyl (C=O) groups excluding carboxylic acids is 1. The Balaban J connectivity index is 1.94. The van der Waals surface area contributed by atoms with E-state index in [1.807, 2.05) is 12.1 Å². The molecule has 1 aliphatic rings. The summed E-state index contributed by atoms with van der Waals surface area (Å²) in [5.41, 5.74) is 1.58. The Bertz CT molecular complexity index is 450. The highest BCUT2D eigenvalue weighted by molar-refractivity contribution is 5.96. The van der Waals surface area contributed by atoms with Crippen molar-refractivity contribution >= 4 is 17.6 Å². The summed E-state index contributed by atoms with van der Waals surface area (Å²) in [6.07, 6.45) is 0. The van der Waals surface area contributed by atoms with Crippen LogP contribution >= 0.6 is 0 Å². The number of carboxylic acids is 1. The van der Waals surface area contributed by atoms with Crippen molar-refractivity contribution in [3.63, 3.8) is 0 Å². The molecule has 0 saturated carbocycles. The predicted octanol–water partition coefficient (Wildman–Crippen LogP) is 0.957. The van der Waals surface area contributed by atoms with Crippen LogP contribution in [0.3, 0.4) is 0 Å². The van der Waals surface area contributed by atoms with Crippen molar-refractivity contribution in [3.8, 4) is 0 Å².